The molecular weight excluding hydrogens is 358 g/mol. The standard InChI is InChI=1S/C21H23N3O4/c1-3-10-23-24-20(25)15-6-4-14(5-7-15)13-22-21(26)19-12-16-11-17(27-2)8-9-18(16)28-19/h4-9,11-12,23H,3,10,13H2,1-2H3,(H,22,26)(H,24,25). The van der Waals surface area contributed by atoms with Crippen LogP contribution in [0.2, 0.25) is 0 Å². The number of hydrogen-bond acceptors (Lipinski definition) is 5. The predicted octanol–water partition coefficient (Wildman–Crippen LogP) is 3.02. The Morgan fingerprint density at radius 3 is 2.54 bits per heavy atom. The van der Waals surface area contributed by atoms with Crippen molar-refractivity contribution >= 4 is 22.8 Å². The Bertz CT molecular complexity index is 963. The summed E-state index contributed by atoms with van der Waals surface area (Å²) in [7, 11) is 1.59. The van der Waals surface area contributed by atoms with E-state index in [-0.39, 0.29) is 17.6 Å². The number of rotatable bonds is 8. The van der Waals surface area contributed by atoms with Gasteiger partial charge in [-0.3, -0.25) is 15.0 Å². The van der Waals surface area contributed by atoms with Crippen LogP contribution in [0.3, 0.4) is 0 Å². The summed E-state index contributed by atoms with van der Waals surface area (Å²) in [6.07, 6.45) is 0.928. The molecule has 2 amide bonds. The molecule has 0 saturated carbocycles. The lowest BCUT2D eigenvalue weighted by atomic mass is 10.1. The lowest BCUT2D eigenvalue weighted by Crippen LogP contribution is -2.37. The molecule has 0 atom stereocenters. The van der Waals surface area contributed by atoms with Gasteiger partial charge in [-0.2, -0.15) is 0 Å². The van der Waals surface area contributed by atoms with Crippen molar-refractivity contribution in [1.29, 1.82) is 0 Å². The topological polar surface area (TPSA) is 92.6 Å². The molecule has 0 radical (unpaired) electrons. The smallest absolute Gasteiger partial charge is 0.287 e. The van der Waals surface area contributed by atoms with Crippen LogP contribution in [0.4, 0.5) is 0 Å². The average molecular weight is 381 g/mol. The summed E-state index contributed by atoms with van der Waals surface area (Å²) in [6.45, 7) is 3.06. The third-order valence-electron chi connectivity index (χ3n) is 4.19. The molecule has 0 aliphatic rings. The van der Waals surface area contributed by atoms with Gasteiger partial charge in [0, 0.05) is 24.0 Å². The second-order valence-electron chi connectivity index (χ2n) is 6.27. The van der Waals surface area contributed by atoms with E-state index in [4.69, 9.17) is 9.15 Å². The fourth-order valence-electron chi connectivity index (χ4n) is 2.64. The van der Waals surface area contributed by atoms with Crippen LogP contribution in [0.25, 0.3) is 11.0 Å². The molecule has 3 rings (SSSR count). The van der Waals surface area contributed by atoms with Crippen molar-refractivity contribution < 1.29 is 18.7 Å². The van der Waals surface area contributed by atoms with Crippen molar-refractivity contribution in [3.05, 3.63) is 65.4 Å². The minimum absolute atomic E-state index is 0.193. The van der Waals surface area contributed by atoms with E-state index < -0.39 is 0 Å². The number of benzene rings is 2. The molecule has 7 heteroatoms. The molecule has 3 aromatic rings. The van der Waals surface area contributed by atoms with Gasteiger partial charge in [-0.25, -0.2) is 5.43 Å². The van der Waals surface area contributed by atoms with Crippen molar-refractivity contribution in [1.82, 2.24) is 16.2 Å². The summed E-state index contributed by atoms with van der Waals surface area (Å²) in [5, 5.41) is 3.62. The highest BCUT2D eigenvalue weighted by molar-refractivity contribution is 5.96. The van der Waals surface area contributed by atoms with Gasteiger partial charge in [-0.05, 0) is 48.4 Å². The maximum Gasteiger partial charge on any atom is 0.287 e. The molecule has 0 aliphatic carbocycles. The van der Waals surface area contributed by atoms with Gasteiger partial charge in [0.25, 0.3) is 11.8 Å². The normalized spacial score (nSPS) is 10.6. The zero-order valence-corrected chi connectivity index (χ0v) is 15.9. The van der Waals surface area contributed by atoms with Crippen LogP contribution < -0.4 is 20.9 Å². The first-order chi connectivity index (χ1) is 13.6. The minimum atomic E-state index is -0.305. The maximum absolute atomic E-state index is 12.4. The van der Waals surface area contributed by atoms with Crippen LogP contribution >= 0.6 is 0 Å². The Kier molecular flexibility index (Phi) is 6.29. The van der Waals surface area contributed by atoms with E-state index in [2.05, 4.69) is 16.2 Å². The number of carbonyl (C=O) groups excluding carboxylic acids is 2. The second kappa shape index (κ2) is 9.05. The van der Waals surface area contributed by atoms with E-state index >= 15 is 0 Å². The highest BCUT2D eigenvalue weighted by Gasteiger charge is 2.13. The lowest BCUT2D eigenvalue weighted by molar-refractivity contribution is 0.0919. The first-order valence-corrected chi connectivity index (χ1v) is 9.08. The van der Waals surface area contributed by atoms with Gasteiger partial charge < -0.3 is 14.5 Å². The van der Waals surface area contributed by atoms with Crippen molar-refractivity contribution in [3.8, 4) is 5.75 Å². The van der Waals surface area contributed by atoms with Crippen molar-refractivity contribution in [3.63, 3.8) is 0 Å². The van der Waals surface area contributed by atoms with Crippen molar-refractivity contribution in [2.24, 2.45) is 0 Å². The molecule has 0 saturated heterocycles. The summed E-state index contributed by atoms with van der Waals surface area (Å²) in [4.78, 5) is 24.3. The second-order valence-corrected chi connectivity index (χ2v) is 6.27. The third kappa shape index (κ3) is 4.69. The van der Waals surface area contributed by atoms with E-state index in [1.807, 2.05) is 13.0 Å². The molecule has 146 valence electrons. The molecule has 7 nitrogen and oxygen atoms in total. The number of hydrazine groups is 1. The van der Waals surface area contributed by atoms with E-state index in [0.29, 0.717) is 30.0 Å². The minimum Gasteiger partial charge on any atom is -0.497 e. The summed E-state index contributed by atoms with van der Waals surface area (Å²) in [5.74, 6) is 0.443. The summed E-state index contributed by atoms with van der Waals surface area (Å²) in [6, 6.07) is 14.1. The van der Waals surface area contributed by atoms with Crippen molar-refractivity contribution in [2.45, 2.75) is 19.9 Å². The maximum atomic E-state index is 12.4. The molecule has 3 N–H and O–H groups in total. The van der Waals surface area contributed by atoms with E-state index in [9.17, 15) is 9.59 Å². The number of methoxy groups -OCH3 is 1. The molecule has 1 aromatic heterocycles. The number of nitrogens with one attached hydrogen (secondary N) is 3. The number of amides is 2. The molecule has 1 heterocycles. The SMILES string of the molecule is CCCNNC(=O)c1ccc(CNC(=O)c2cc3cc(OC)ccc3o2)cc1. The van der Waals surface area contributed by atoms with Gasteiger partial charge in [0.1, 0.15) is 11.3 Å². The Morgan fingerprint density at radius 1 is 1.04 bits per heavy atom. The van der Waals surface area contributed by atoms with Crippen LogP contribution in [0.1, 0.15) is 39.8 Å². The Labute approximate surface area is 163 Å². The molecule has 0 bridgehead atoms. The lowest BCUT2D eigenvalue weighted by Gasteiger charge is -2.07. The molecule has 0 aliphatic heterocycles. The van der Waals surface area contributed by atoms with E-state index in [0.717, 1.165) is 17.4 Å². The Balaban J connectivity index is 1.57. The molecule has 28 heavy (non-hydrogen) atoms. The number of furan rings is 1. The van der Waals surface area contributed by atoms with Crippen molar-refractivity contribution in [2.75, 3.05) is 13.7 Å². The Morgan fingerprint density at radius 2 is 1.82 bits per heavy atom. The average Bonchev–Trinajstić information content (AvgIpc) is 3.15. The largest absolute Gasteiger partial charge is 0.497 e. The summed E-state index contributed by atoms with van der Waals surface area (Å²) >= 11 is 0. The fraction of sp³-hybridized carbons (Fsp3) is 0.238. The van der Waals surface area contributed by atoms with Gasteiger partial charge in [0.2, 0.25) is 0 Å². The summed E-state index contributed by atoms with van der Waals surface area (Å²) in [5.41, 5.74) is 7.53. The van der Waals surface area contributed by atoms with Gasteiger partial charge >= 0.3 is 0 Å². The summed E-state index contributed by atoms with van der Waals surface area (Å²) < 4.78 is 10.8. The molecule has 0 spiro atoms. The molecule has 0 unspecified atom stereocenters. The zero-order chi connectivity index (χ0) is 19.9. The van der Waals surface area contributed by atoms with E-state index in [1.165, 1.54) is 0 Å². The van der Waals surface area contributed by atoms with Crippen LogP contribution in [-0.2, 0) is 6.54 Å². The van der Waals surface area contributed by atoms with Crippen LogP contribution in [0.15, 0.2) is 52.9 Å². The number of carbonyl (C=O) groups is 2. The number of hydrogen-bond donors (Lipinski definition) is 3. The van der Waals surface area contributed by atoms with Gasteiger partial charge in [-0.1, -0.05) is 19.1 Å². The fourth-order valence-corrected chi connectivity index (χ4v) is 2.64. The van der Waals surface area contributed by atoms with Gasteiger partial charge in [0.05, 0.1) is 7.11 Å². The highest BCUT2D eigenvalue weighted by Crippen LogP contribution is 2.24. The monoisotopic (exact) mass is 381 g/mol. The zero-order valence-electron chi connectivity index (χ0n) is 15.9. The van der Waals surface area contributed by atoms with E-state index in [1.54, 1.807) is 49.6 Å². The first kappa shape index (κ1) is 19.4. The molecular formula is C21H23N3O4. The van der Waals surface area contributed by atoms with Gasteiger partial charge in [-0.15, -0.1) is 0 Å². The number of ether oxygens (including phenoxy) is 1. The Hall–Kier alpha value is -3.32. The van der Waals surface area contributed by atoms with Crippen LogP contribution in [-0.4, -0.2) is 25.5 Å². The third-order valence-corrected chi connectivity index (χ3v) is 4.19. The predicted molar refractivity (Wildman–Crippen MR) is 106 cm³/mol. The number of fused-ring (bicyclic) bond motifs is 1. The highest BCUT2D eigenvalue weighted by atomic mass is 16.5. The molecule has 2 aromatic carbocycles. The van der Waals surface area contributed by atoms with Gasteiger partial charge in [0.15, 0.2) is 5.76 Å². The molecule has 0 fully saturated rings. The van der Waals surface area contributed by atoms with Crippen LogP contribution in [0, 0.1) is 0 Å². The van der Waals surface area contributed by atoms with Crippen LogP contribution in [0.5, 0.6) is 5.75 Å². The first-order valence-electron chi connectivity index (χ1n) is 9.08. The quantitative estimate of drug-likeness (QED) is 0.412.